The Bertz CT molecular complexity index is 341. The minimum absolute atomic E-state index is 0.690. The van der Waals surface area contributed by atoms with Gasteiger partial charge in [-0.2, -0.15) is 0 Å². The van der Waals surface area contributed by atoms with E-state index in [0.717, 1.165) is 3.63 Å². The van der Waals surface area contributed by atoms with E-state index < -0.39 is 0 Å². The van der Waals surface area contributed by atoms with E-state index in [1.807, 2.05) is 0 Å². The van der Waals surface area contributed by atoms with Crippen LogP contribution in [0.25, 0.3) is 6.08 Å². The van der Waals surface area contributed by atoms with Gasteiger partial charge in [0.2, 0.25) is 0 Å². The van der Waals surface area contributed by atoms with Crippen molar-refractivity contribution in [2.75, 3.05) is 0 Å². The van der Waals surface area contributed by atoms with Crippen molar-refractivity contribution in [3.05, 3.63) is 41.5 Å². The summed E-state index contributed by atoms with van der Waals surface area (Å²) < 4.78 is 0.919. The molecule has 0 nitrogen and oxygen atoms in total. The quantitative estimate of drug-likeness (QED) is 0.774. The van der Waals surface area contributed by atoms with Crippen LogP contribution in [0.15, 0.2) is 30.3 Å². The van der Waals surface area contributed by atoms with Gasteiger partial charge in [-0.3, -0.25) is 0 Å². The minimum atomic E-state index is 0.690. The second-order valence-corrected chi connectivity index (χ2v) is 5.94. The number of benzene rings is 1. The first-order valence-corrected chi connectivity index (χ1v) is 6.71. The van der Waals surface area contributed by atoms with Gasteiger partial charge in [0.25, 0.3) is 0 Å². The molecule has 71 valence electrons. The molecule has 0 fully saturated rings. The van der Waals surface area contributed by atoms with Crippen molar-refractivity contribution in [2.24, 2.45) is 0 Å². The van der Waals surface area contributed by atoms with Gasteiger partial charge in [0.05, 0.1) is 0 Å². The Balaban J connectivity index is 2.14. The monoisotopic (exact) mass is 261 g/mol. The Hall–Kier alpha value is -0.157. The fourth-order valence-electron chi connectivity index (χ4n) is 2.00. The molecular formula is C13H15Zr. The van der Waals surface area contributed by atoms with Crippen LogP contribution in [0.5, 0.6) is 0 Å². The average molecular weight is 262 g/mol. The summed E-state index contributed by atoms with van der Waals surface area (Å²) in [6, 6.07) is 8.78. The number of fused-ring (bicyclic) bond motifs is 1. The molecule has 1 aliphatic carbocycles. The van der Waals surface area contributed by atoms with E-state index in [1.165, 1.54) is 24.0 Å². The first kappa shape index (κ1) is 10.4. The van der Waals surface area contributed by atoms with E-state index in [1.54, 1.807) is 24.7 Å². The summed E-state index contributed by atoms with van der Waals surface area (Å²) in [5, 5.41) is 0. The Labute approximate surface area is 101 Å². The Morgan fingerprint density at radius 2 is 2.14 bits per heavy atom. The molecule has 2 rings (SSSR count). The van der Waals surface area contributed by atoms with Gasteiger partial charge in [-0.15, -0.1) is 0 Å². The molecule has 1 aromatic carbocycles. The van der Waals surface area contributed by atoms with E-state index in [-0.39, 0.29) is 0 Å². The van der Waals surface area contributed by atoms with Crippen LogP contribution >= 0.6 is 0 Å². The topological polar surface area (TPSA) is 0 Å². The normalized spacial score (nSPS) is 20.7. The Morgan fingerprint density at radius 3 is 2.93 bits per heavy atom. The van der Waals surface area contributed by atoms with Crippen molar-refractivity contribution in [1.82, 2.24) is 0 Å². The second-order valence-electron chi connectivity index (χ2n) is 3.94. The third-order valence-corrected chi connectivity index (χ3v) is 4.52. The first-order valence-electron chi connectivity index (χ1n) is 5.29. The predicted octanol–water partition coefficient (Wildman–Crippen LogP) is 3.93. The molecule has 0 heterocycles. The van der Waals surface area contributed by atoms with Crippen molar-refractivity contribution >= 4 is 6.08 Å². The number of hydrogen-bond acceptors (Lipinski definition) is 0. The van der Waals surface area contributed by atoms with Crippen LogP contribution in [0.2, 0.25) is 3.63 Å². The standard InChI is InChI=1S/C13H15.Zr/c1-2-3-6-11-9-10-12-7-4-5-8-13(11)12;/h3-5,7-11H,2,6H2,1H3;. The van der Waals surface area contributed by atoms with Crippen LogP contribution in [0.1, 0.15) is 36.8 Å². The van der Waals surface area contributed by atoms with E-state index in [9.17, 15) is 0 Å². The molecule has 0 spiro atoms. The zero-order valence-electron chi connectivity index (χ0n) is 8.53. The molecule has 0 radical (unpaired) electrons. The third kappa shape index (κ3) is 2.08. The molecule has 2 unspecified atom stereocenters. The van der Waals surface area contributed by atoms with Gasteiger partial charge in [-0.05, 0) is 0 Å². The number of hydrogen-bond donors (Lipinski definition) is 0. The van der Waals surface area contributed by atoms with Crippen LogP contribution in [0, 0.1) is 0 Å². The van der Waals surface area contributed by atoms with Crippen molar-refractivity contribution in [3.8, 4) is 0 Å². The molecule has 2 atom stereocenters. The molecule has 0 amide bonds. The molecule has 0 aliphatic heterocycles. The van der Waals surface area contributed by atoms with Gasteiger partial charge in [-0.25, -0.2) is 0 Å². The van der Waals surface area contributed by atoms with Gasteiger partial charge in [0.1, 0.15) is 0 Å². The second kappa shape index (κ2) is 4.57. The molecule has 1 aliphatic rings. The van der Waals surface area contributed by atoms with Crippen LogP contribution < -0.4 is 0 Å². The summed E-state index contributed by atoms with van der Waals surface area (Å²) in [6.07, 6.45) is 7.31. The Kier molecular flexibility index (Phi) is 3.39. The molecule has 1 aromatic rings. The first-order chi connectivity index (χ1) is 6.81. The number of rotatable bonds is 3. The van der Waals surface area contributed by atoms with Crippen LogP contribution in [0.4, 0.5) is 0 Å². The van der Waals surface area contributed by atoms with E-state index in [2.05, 4.69) is 43.3 Å². The van der Waals surface area contributed by atoms with Gasteiger partial charge in [0.15, 0.2) is 0 Å². The van der Waals surface area contributed by atoms with Gasteiger partial charge in [0, 0.05) is 0 Å². The van der Waals surface area contributed by atoms with E-state index in [0.29, 0.717) is 5.92 Å². The molecule has 0 bridgehead atoms. The number of allylic oxidation sites excluding steroid dienone is 1. The fraction of sp³-hybridized carbons (Fsp3) is 0.385. The molecule has 0 saturated carbocycles. The Morgan fingerprint density at radius 1 is 1.36 bits per heavy atom. The summed E-state index contributed by atoms with van der Waals surface area (Å²) in [5.41, 5.74) is 2.96. The molecular weight excluding hydrogens is 247 g/mol. The summed E-state index contributed by atoms with van der Waals surface area (Å²) in [5.74, 6) is 0.690. The van der Waals surface area contributed by atoms with E-state index in [4.69, 9.17) is 0 Å². The van der Waals surface area contributed by atoms with Crippen LogP contribution in [-0.4, -0.2) is 0 Å². The molecule has 1 heteroatoms. The zero-order valence-corrected chi connectivity index (χ0v) is 11.0. The molecule has 0 aromatic heterocycles. The van der Waals surface area contributed by atoms with Crippen molar-refractivity contribution < 1.29 is 24.7 Å². The summed E-state index contributed by atoms with van der Waals surface area (Å²) >= 11 is 1.69. The van der Waals surface area contributed by atoms with Gasteiger partial charge < -0.3 is 0 Å². The molecule has 0 saturated heterocycles. The van der Waals surface area contributed by atoms with Gasteiger partial charge >= 0.3 is 102 Å². The predicted molar refractivity (Wildman–Crippen MR) is 56.9 cm³/mol. The molecule has 14 heavy (non-hydrogen) atoms. The third-order valence-electron chi connectivity index (χ3n) is 2.93. The SMILES string of the molecule is CC[CH]([Zr])CC1C=Cc2ccccc21. The fourth-order valence-corrected chi connectivity index (χ4v) is 2.63. The maximum atomic E-state index is 2.37. The van der Waals surface area contributed by atoms with Crippen molar-refractivity contribution in [2.45, 2.75) is 29.3 Å². The average Bonchev–Trinajstić information content (AvgIpc) is 2.62. The van der Waals surface area contributed by atoms with Crippen molar-refractivity contribution in [3.63, 3.8) is 0 Å². The maximum absolute atomic E-state index is 2.37. The summed E-state index contributed by atoms with van der Waals surface area (Å²) in [4.78, 5) is 0. The van der Waals surface area contributed by atoms with Gasteiger partial charge in [-0.1, -0.05) is 0 Å². The zero-order chi connectivity index (χ0) is 9.97. The van der Waals surface area contributed by atoms with Crippen LogP contribution in [0.3, 0.4) is 0 Å². The summed E-state index contributed by atoms with van der Waals surface area (Å²) in [7, 11) is 0. The molecule has 0 N–H and O–H groups in total. The summed E-state index contributed by atoms with van der Waals surface area (Å²) in [6.45, 7) is 2.30. The van der Waals surface area contributed by atoms with E-state index >= 15 is 0 Å². The van der Waals surface area contributed by atoms with Crippen LogP contribution in [-0.2, 0) is 24.7 Å². The van der Waals surface area contributed by atoms with Crippen molar-refractivity contribution in [1.29, 1.82) is 0 Å².